The van der Waals surface area contributed by atoms with Crippen LogP contribution in [0.2, 0.25) is 0 Å². The van der Waals surface area contributed by atoms with Gasteiger partial charge in [-0.25, -0.2) is 0 Å². The molecule has 0 saturated heterocycles. The first-order valence-corrected chi connectivity index (χ1v) is 8.73. The number of ether oxygens (including phenoxy) is 4. The topological polar surface area (TPSA) is 83.1 Å². The summed E-state index contributed by atoms with van der Waals surface area (Å²) in [5, 5.41) is 2.72. The molecule has 0 aliphatic carbocycles. The zero-order valence-corrected chi connectivity index (χ0v) is 16.7. The van der Waals surface area contributed by atoms with Gasteiger partial charge >= 0.3 is 5.97 Å². The average Bonchev–Trinajstić information content (AvgIpc) is 2.68. The van der Waals surface area contributed by atoms with Crippen molar-refractivity contribution < 1.29 is 28.5 Å². The predicted octanol–water partition coefficient (Wildman–Crippen LogP) is 3.13. The molecule has 1 N–H and O–H groups in total. The van der Waals surface area contributed by atoms with E-state index in [0.29, 0.717) is 28.5 Å². The Balaban J connectivity index is 2.00. The molecule has 7 heteroatoms. The molecule has 0 radical (unpaired) electrons. The highest BCUT2D eigenvalue weighted by Gasteiger charge is 2.20. The van der Waals surface area contributed by atoms with E-state index in [2.05, 4.69) is 5.32 Å². The number of anilines is 1. The van der Waals surface area contributed by atoms with Crippen LogP contribution in [0.3, 0.4) is 0 Å². The Hall–Kier alpha value is -3.22. The largest absolute Gasteiger partial charge is 0.493 e. The van der Waals surface area contributed by atoms with Crippen molar-refractivity contribution in [3.8, 4) is 17.2 Å². The lowest BCUT2D eigenvalue weighted by atomic mass is 10.1. The van der Waals surface area contributed by atoms with E-state index in [-0.39, 0.29) is 6.42 Å². The van der Waals surface area contributed by atoms with Crippen LogP contribution in [0.4, 0.5) is 5.69 Å². The third-order valence-electron chi connectivity index (χ3n) is 4.07. The van der Waals surface area contributed by atoms with Crippen LogP contribution in [0.15, 0.2) is 36.4 Å². The number of aryl methyl sites for hydroxylation is 1. The highest BCUT2D eigenvalue weighted by atomic mass is 16.5. The van der Waals surface area contributed by atoms with Crippen molar-refractivity contribution >= 4 is 17.6 Å². The molecule has 1 amide bonds. The summed E-state index contributed by atoms with van der Waals surface area (Å²) in [6.45, 7) is 3.48. The maximum atomic E-state index is 12.3. The Morgan fingerprint density at radius 1 is 0.964 bits per heavy atom. The Labute approximate surface area is 164 Å². The summed E-state index contributed by atoms with van der Waals surface area (Å²) < 4.78 is 21.1. The number of benzene rings is 2. The summed E-state index contributed by atoms with van der Waals surface area (Å²) in [5.41, 5.74) is 2.34. The molecule has 0 aliphatic rings. The third-order valence-corrected chi connectivity index (χ3v) is 4.07. The molecular weight excluding hydrogens is 362 g/mol. The molecule has 0 aliphatic heterocycles. The van der Waals surface area contributed by atoms with Gasteiger partial charge in [-0.1, -0.05) is 17.7 Å². The van der Waals surface area contributed by atoms with Crippen molar-refractivity contribution in [2.45, 2.75) is 26.4 Å². The van der Waals surface area contributed by atoms with Crippen LogP contribution in [-0.2, 0) is 20.7 Å². The highest BCUT2D eigenvalue weighted by molar-refractivity contribution is 5.95. The van der Waals surface area contributed by atoms with Gasteiger partial charge in [0.05, 0.1) is 27.8 Å². The van der Waals surface area contributed by atoms with E-state index in [9.17, 15) is 9.59 Å². The number of esters is 1. The van der Waals surface area contributed by atoms with Crippen LogP contribution < -0.4 is 19.5 Å². The van der Waals surface area contributed by atoms with Crippen LogP contribution in [0.1, 0.15) is 18.1 Å². The molecule has 2 aromatic rings. The second-order valence-corrected chi connectivity index (χ2v) is 6.20. The Morgan fingerprint density at radius 2 is 1.54 bits per heavy atom. The van der Waals surface area contributed by atoms with Crippen molar-refractivity contribution in [2.24, 2.45) is 0 Å². The summed E-state index contributed by atoms with van der Waals surface area (Å²) in [5.74, 6) is 0.375. The van der Waals surface area contributed by atoms with E-state index in [4.69, 9.17) is 18.9 Å². The molecule has 0 spiro atoms. The molecule has 150 valence electrons. The molecule has 0 unspecified atom stereocenters. The Bertz CT molecular complexity index is 806. The first-order chi connectivity index (χ1) is 13.4. The first kappa shape index (κ1) is 21.1. The minimum atomic E-state index is -0.934. The zero-order valence-electron chi connectivity index (χ0n) is 16.7. The van der Waals surface area contributed by atoms with Gasteiger partial charge in [0.2, 0.25) is 5.75 Å². The fourth-order valence-corrected chi connectivity index (χ4v) is 2.58. The number of rotatable bonds is 8. The molecule has 0 fully saturated rings. The smallest absolute Gasteiger partial charge is 0.311 e. The minimum absolute atomic E-state index is 0.0428. The summed E-state index contributed by atoms with van der Waals surface area (Å²) in [7, 11) is 4.50. The van der Waals surface area contributed by atoms with Crippen LogP contribution in [0.25, 0.3) is 0 Å². The number of carbonyl (C=O) groups is 2. The maximum Gasteiger partial charge on any atom is 0.311 e. The molecule has 0 saturated carbocycles. The predicted molar refractivity (Wildman–Crippen MR) is 105 cm³/mol. The normalized spacial score (nSPS) is 11.3. The van der Waals surface area contributed by atoms with Crippen LogP contribution in [-0.4, -0.2) is 39.3 Å². The van der Waals surface area contributed by atoms with Crippen LogP contribution in [0, 0.1) is 6.92 Å². The van der Waals surface area contributed by atoms with E-state index >= 15 is 0 Å². The van der Waals surface area contributed by atoms with E-state index in [0.717, 1.165) is 5.56 Å². The molecule has 7 nitrogen and oxygen atoms in total. The fourth-order valence-electron chi connectivity index (χ4n) is 2.58. The number of hydrogen-bond donors (Lipinski definition) is 1. The quantitative estimate of drug-likeness (QED) is 0.701. The van der Waals surface area contributed by atoms with Gasteiger partial charge in [0, 0.05) is 5.69 Å². The molecule has 28 heavy (non-hydrogen) atoms. The van der Waals surface area contributed by atoms with E-state index < -0.39 is 18.0 Å². The minimum Gasteiger partial charge on any atom is -0.493 e. The molecule has 0 bridgehead atoms. The number of nitrogens with one attached hydrogen (secondary N) is 1. The van der Waals surface area contributed by atoms with Gasteiger partial charge in [0.15, 0.2) is 17.6 Å². The van der Waals surface area contributed by atoms with Gasteiger partial charge < -0.3 is 24.3 Å². The van der Waals surface area contributed by atoms with Gasteiger partial charge in [0.25, 0.3) is 5.91 Å². The van der Waals surface area contributed by atoms with Crippen molar-refractivity contribution in [3.63, 3.8) is 0 Å². The standard InChI is InChI=1S/C21H25NO6/c1-13-6-8-16(9-7-13)22-21(24)14(2)28-19(23)12-15-10-17(25-3)20(27-5)18(11-15)26-4/h6-11,14H,12H2,1-5H3,(H,22,24)/t14-/m1/s1. The SMILES string of the molecule is COc1cc(CC(=O)O[C@H](C)C(=O)Nc2ccc(C)cc2)cc(OC)c1OC. The van der Waals surface area contributed by atoms with Gasteiger partial charge in [0.1, 0.15) is 0 Å². The molecule has 0 heterocycles. The second kappa shape index (κ2) is 9.64. The van der Waals surface area contributed by atoms with E-state index in [1.165, 1.54) is 28.3 Å². The van der Waals surface area contributed by atoms with Crippen LogP contribution >= 0.6 is 0 Å². The lowest BCUT2D eigenvalue weighted by Gasteiger charge is -2.15. The summed E-state index contributed by atoms with van der Waals surface area (Å²) in [6, 6.07) is 10.7. The van der Waals surface area contributed by atoms with Gasteiger partial charge in [-0.3, -0.25) is 9.59 Å². The number of carbonyl (C=O) groups excluding carboxylic acids is 2. The molecule has 2 aromatic carbocycles. The van der Waals surface area contributed by atoms with Gasteiger partial charge in [-0.05, 0) is 43.7 Å². The third kappa shape index (κ3) is 5.39. The summed E-state index contributed by atoms with van der Waals surface area (Å²) in [6.07, 6.45) is -0.977. The van der Waals surface area contributed by atoms with Gasteiger partial charge in [-0.15, -0.1) is 0 Å². The summed E-state index contributed by atoms with van der Waals surface area (Å²) >= 11 is 0. The van der Waals surface area contributed by atoms with Crippen molar-refractivity contribution in [2.75, 3.05) is 26.6 Å². The Morgan fingerprint density at radius 3 is 2.04 bits per heavy atom. The number of hydrogen-bond acceptors (Lipinski definition) is 6. The monoisotopic (exact) mass is 387 g/mol. The lowest BCUT2D eigenvalue weighted by Crippen LogP contribution is -2.30. The zero-order chi connectivity index (χ0) is 20.7. The highest BCUT2D eigenvalue weighted by Crippen LogP contribution is 2.38. The van der Waals surface area contributed by atoms with Crippen molar-refractivity contribution in [1.29, 1.82) is 0 Å². The van der Waals surface area contributed by atoms with Crippen molar-refractivity contribution in [3.05, 3.63) is 47.5 Å². The van der Waals surface area contributed by atoms with Gasteiger partial charge in [-0.2, -0.15) is 0 Å². The first-order valence-electron chi connectivity index (χ1n) is 8.73. The maximum absolute atomic E-state index is 12.3. The molecule has 1 atom stereocenters. The van der Waals surface area contributed by atoms with Crippen molar-refractivity contribution in [1.82, 2.24) is 0 Å². The van der Waals surface area contributed by atoms with Crippen LogP contribution in [0.5, 0.6) is 17.2 Å². The molecule has 0 aromatic heterocycles. The fraction of sp³-hybridized carbons (Fsp3) is 0.333. The molecule has 2 rings (SSSR count). The average molecular weight is 387 g/mol. The summed E-state index contributed by atoms with van der Waals surface area (Å²) in [4.78, 5) is 24.5. The Kier molecular flexibility index (Phi) is 7.26. The number of methoxy groups -OCH3 is 3. The van der Waals surface area contributed by atoms with E-state index in [1.807, 2.05) is 19.1 Å². The van der Waals surface area contributed by atoms with E-state index in [1.54, 1.807) is 24.3 Å². The second-order valence-electron chi connectivity index (χ2n) is 6.20. The lowest BCUT2D eigenvalue weighted by molar-refractivity contribution is -0.152. The number of amides is 1. The molecular formula is C21H25NO6.